The Balaban J connectivity index is 1.74. The van der Waals surface area contributed by atoms with Gasteiger partial charge < -0.3 is 9.32 Å². The van der Waals surface area contributed by atoms with Crippen molar-refractivity contribution in [2.45, 2.75) is 6.42 Å². The van der Waals surface area contributed by atoms with E-state index in [-0.39, 0.29) is 11.8 Å². The minimum absolute atomic E-state index is 0.00251. The summed E-state index contributed by atoms with van der Waals surface area (Å²) in [6.07, 6.45) is 0.510. The largest absolute Gasteiger partial charge is 0.417 e. The number of carbonyl (C=O) groups excluding carboxylic acids is 1. The summed E-state index contributed by atoms with van der Waals surface area (Å²) in [5, 5.41) is 7.80. The maximum atomic E-state index is 12.3. The van der Waals surface area contributed by atoms with Gasteiger partial charge in [-0.05, 0) is 17.7 Å². The van der Waals surface area contributed by atoms with Gasteiger partial charge >= 0.3 is 11.8 Å². The molecule has 2 aromatic carbocycles. The molecule has 0 saturated heterocycles. The number of benzene rings is 2. The van der Waals surface area contributed by atoms with Gasteiger partial charge in [-0.1, -0.05) is 48.5 Å². The summed E-state index contributed by atoms with van der Waals surface area (Å²) >= 11 is 0. The third-order valence-electron chi connectivity index (χ3n) is 3.30. The predicted octanol–water partition coefficient (Wildman–Crippen LogP) is 2.94. The molecule has 0 radical (unpaired) electrons. The summed E-state index contributed by atoms with van der Waals surface area (Å²) in [5.74, 6) is 0.103. The minimum Gasteiger partial charge on any atom is -0.417 e. The monoisotopic (exact) mass is 293 g/mol. The fourth-order valence-corrected chi connectivity index (χ4v) is 2.09. The van der Waals surface area contributed by atoms with Crippen LogP contribution in [0.1, 0.15) is 22.1 Å². The van der Waals surface area contributed by atoms with E-state index in [0.717, 1.165) is 11.3 Å². The van der Waals surface area contributed by atoms with E-state index in [0.29, 0.717) is 12.3 Å². The number of rotatable bonds is 4. The van der Waals surface area contributed by atoms with Gasteiger partial charge in [-0.25, -0.2) is 0 Å². The Morgan fingerprint density at radius 1 is 1.00 bits per heavy atom. The molecule has 0 aliphatic heterocycles. The number of hydrogen-bond acceptors (Lipinski definition) is 4. The van der Waals surface area contributed by atoms with Crippen LogP contribution >= 0.6 is 0 Å². The van der Waals surface area contributed by atoms with E-state index in [4.69, 9.17) is 4.42 Å². The normalized spacial score (nSPS) is 10.4. The van der Waals surface area contributed by atoms with E-state index in [9.17, 15) is 4.79 Å². The smallest absolute Gasteiger partial charge is 0.315 e. The van der Waals surface area contributed by atoms with Gasteiger partial charge in [0.25, 0.3) is 0 Å². The first-order valence-corrected chi connectivity index (χ1v) is 6.93. The van der Waals surface area contributed by atoms with Crippen LogP contribution in [0.2, 0.25) is 0 Å². The molecule has 3 rings (SSSR count). The van der Waals surface area contributed by atoms with Crippen molar-refractivity contribution < 1.29 is 9.21 Å². The standard InChI is InChI=1S/C17H15N3O2/c1-20(14-10-6-3-7-11-14)17(21)16-19-18-15(22-16)12-13-8-4-2-5-9-13/h2-11H,12H2,1H3. The van der Waals surface area contributed by atoms with Crippen molar-refractivity contribution in [3.8, 4) is 0 Å². The van der Waals surface area contributed by atoms with Crippen molar-refractivity contribution in [2.24, 2.45) is 0 Å². The predicted molar refractivity (Wildman–Crippen MR) is 82.7 cm³/mol. The first-order chi connectivity index (χ1) is 10.7. The first kappa shape index (κ1) is 14.0. The average molecular weight is 293 g/mol. The highest BCUT2D eigenvalue weighted by Gasteiger charge is 2.20. The second-order valence-corrected chi connectivity index (χ2v) is 4.86. The number of hydrogen-bond donors (Lipinski definition) is 0. The zero-order chi connectivity index (χ0) is 15.4. The van der Waals surface area contributed by atoms with Crippen LogP contribution in [0, 0.1) is 0 Å². The van der Waals surface area contributed by atoms with Crippen molar-refractivity contribution in [2.75, 3.05) is 11.9 Å². The van der Waals surface area contributed by atoms with Crippen LogP contribution in [0.15, 0.2) is 65.1 Å². The molecule has 0 N–H and O–H groups in total. The topological polar surface area (TPSA) is 59.2 Å². The van der Waals surface area contributed by atoms with Crippen molar-refractivity contribution in [3.63, 3.8) is 0 Å². The van der Waals surface area contributed by atoms with E-state index in [1.165, 1.54) is 4.90 Å². The number of para-hydroxylation sites is 1. The second kappa shape index (κ2) is 6.22. The van der Waals surface area contributed by atoms with Gasteiger partial charge in [-0.3, -0.25) is 4.79 Å². The molecule has 0 aliphatic rings. The zero-order valence-corrected chi connectivity index (χ0v) is 12.1. The first-order valence-electron chi connectivity index (χ1n) is 6.93. The summed E-state index contributed by atoms with van der Waals surface area (Å²) in [7, 11) is 1.68. The molecule has 0 aliphatic carbocycles. The lowest BCUT2D eigenvalue weighted by Gasteiger charge is -2.14. The molecule has 0 unspecified atom stereocenters. The molecule has 0 bridgehead atoms. The molecule has 22 heavy (non-hydrogen) atoms. The van der Waals surface area contributed by atoms with Gasteiger partial charge in [0, 0.05) is 12.7 Å². The lowest BCUT2D eigenvalue weighted by Crippen LogP contribution is -2.26. The summed E-state index contributed by atoms with van der Waals surface area (Å²) in [6, 6.07) is 19.1. The fraction of sp³-hybridized carbons (Fsp3) is 0.118. The summed E-state index contributed by atoms with van der Waals surface area (Å²) in [6.45, 7) is 0. The molecule has 0 atom stereocenters. The lowest BCUT2D eigenvalue weighted by atomic mass is 10.2. The highest BCUT2D eigenvalue weighted by Crippen LogP contribution is 2.15. The van der Waals surface area contributed by atoms with Gasteiger partial charge in [-0.2, -0.15) is 0 Å². The Bertz CT molecular complexity index is 754. The van der Waals surface area contributed by atoms with Crippen LogP contribution in [0.25, 0.3) is 0 Å². The van der Waals surface area contributed by atoms with Gasteiger partial charge in [0.2, 0.25) is 5.89 Å². The van der Waals surface area contributed by atoms with Crippen LogP contribution in [-0.4, -0.2) is 23.2 Å². The summed E-state index contributed by atoms with van der Waals surface area (Å²) in [5.41, 5.74) is 1.83. The van der Waals surface area contributed by atoms with Crippen LogP contribution in [-0.2, 0) is 6.42 Å². The van der Waals surface area contributed by atoms with E-state index in [1.807, 2.05) is 60.7 Å². The number of amides is 1. The highest BCUT2D eigenvalue weighted by molar-refractivity contribution is 6.02. The Labute approximate surface area is 128 Å². The number of anilines is 1. The van der Waals surface area contributed by atoms with Gasteiger partial charge in [0.15, 0.2) is 0 Å². The van der Waals surface area contributed by atoms with E-state index in [1.54, 1.807) is 7.05 Å². The molecule has 1 amide bonds. The van der Waals surface area contributed by atoms with Gasteiger partial charge in [0.05, 0.1) is 6.42 Å². The molecule has 110 valence electrons. The Morgan fingerprint density at radius 2 is 1.64 bits per heavy atom. The Morgan fingerprint density at radius 3 is 2.32 bits per heavy atom. The van der Waals surface area contributed by atoms with Crippen LogP contribution in [0.3, 0.4) is 0 Å². The Kier molecular flexibility index (Phi) is 3.96. The van der Waals surface area contributed by atoms with Gasteiger partial charge in [-0.15, -0.1) is 10.2 Å². The summed E-state index contributed by atoms with van der Waals surface area (Å²) in [4.78, 5) is 13.8. The second-order valence-electron chi connectivity index (χ2n) is 4.86. The molecule has 5 heteroatoms. The van der Waals surface area contributed by atoms with Crippen LogP contribution in [0.4, 0.5) is 5.69 Å². The lowest BCUT2D eigenvalue weighted by molar-refractivity contribution is 0.0958. The van der Waals surface area contributed by atoms with Crippen molar-refractivity contribution in [1.29, 1.82) is 0 Å². The maximum absolute atomic E-state index is 12.3. The molecule has 3 aromatic rings. The van der Waals surface area contributed by atoms with Crippen LogP contribution in [0.5, 0.6) is 0 Å². The third kappa shape index (κ3) is 3.03. The quantitative estimate of drug-likeness (QED) is 0.742. The average Bonchev–Trinajstić information content (AvgIpc) is 3.04. The minimum atomic E-state index is -0.321. The van der Waals surface area contributed by atoms with Crippen molar-refractivity contribution in [3.05, 3.63) is 78.0 Å². The van der Waals surface area contributed by atoms with Crippen molar-refractivity contribution >= 4 is 11.6 Å². The number of carbonyl (C=O) groups is 1. The van der Waals surface area contributed by atoms with Gasteiger partial charge in [0.1, 0.15) is 0 Å². The van der Waals surface area contributed by atoms with E-state index < -0.39 is 0 Å². The molecular formula is C17H15N3O2. The molecule has 0 saturated carbocycles. The number of aromatic nitrogens is 2. The SMILES string of the molecule is CN(C(=O)c1nnc(Cc2ccccc2)o1)c1ccccc1. The maximum Gasteiger partial charge on any atom is 0.315 e. The van der Waals surface area contributed by atoms with E-state index in [2.05, 4.69) is 10.2 Å². The molecule has 0 fully saturated rings. The Hall–Kier alpha value is -2.95. The van der Waals surface area contributed by atoms with Crippen molar-refractivity contribution in [1.82, 2.24) is 10.2 Å². The molecule has 1 heterocycles. The molecule has 0 spiro atoms. The fourth-order valence-electron chi connectivity index (χ4n) is 2.09. The highest BCUT2D eigenvalue weighted by atomic mass is 16.4. The third-order valence-corrected chi connectivity index (χ3v) is 3.30. The zero-order valence-electron chi connectivity index (χ0n) is 12.1. The number of nitrogens with zero attached hydrogens (tertiary/aromatic N) is 3. The summed E-state index contributed by atoms with van der Waals surface area (Å²) < 4.78 is 5.48. The molecule has 5 nitrogen and oxygen atoms in total. The van der Waals surface area contributed by atoms with E-state index >= 15 is 0 Å². The van der Waals surface area contributed by atoms with Crippen LogP contribution < -0.4 is 4.90 Å². The molecular weight excluding hydrogens is 278 g/mol. The molecule has 1 aromatic heterocycles.